The third-order valence-electron chi connectivity index (χ3n) is 4.72. The van der Waals surface area contributed by atoms with E-state index in [4.69, 9.17) is 9.47 Å². The molecule has 0 spiro atoms. The maximum atomic E-state index is 12.8. The Kier molecular flexibility index (Phi) is 8.65. The van der Waals surface area contributed by atoms with Crippen molar-refractivity contribution in [3.8, 4) is 0 Å². The number of benzene rings is 3. The first-order chi connectivity index (χ1) is 15.7. The van der Waals surface area contributed by atoms with Crippen molar-refractivity contribution in [3.05, 3.63) is 108 Å². The lowest BCUT2D eigenvalue weighted by Gasteiger charge is -2.29. The fourth-order valence-corrected chi connectivity index (χ4v) is 3.05. The van der Waals surface area contributed by atoms with Crippen LogP contribution in [0, 0.1) is 0 Å². The number of ether oxygens (including phenoxy) is 2. The minimum atomic E-state index is -0.822. The van der Waals surface area contributed by atoms with Crippen molar-refractivity contribution >= 4 is 12.2 Å². The molecule has 166 valence electrons. The average Bonchev–Trinajstić information content (AvgIpc) is 2.85. The van der Waals surface area contributed by atoms with Crippen LogP contribution in [0.5, 0.6) is 0 Å². The molecule has 0 aliphatic heterocycles. The number of hydrazine groups is 1. The summed E-state index contributed by atoms with van der Waals surface area (Å²) in [6, 6.07) is 27.0. The van der Waals surface area contributed by atoms with E-state index in [-0.39, 0.29) is 19.8 Å². The number of nitrogens with one attached hydrogen (secondary N) is 1. The lowest BCUT2D eigenvalue weighted by molar-refractivity contribution is 0.0322. The molecule has 3 aromatic rings. The molecule has 2 N–H and O–H groups in total. The van der Waals surface area contributed by atoms with E-state index in [9.17, 15) is 14.7 Å². The summed E-state index contributed by atoms with van der Waals surface area (Å²) in [4.78, 5) is 25.3. The van der Waals surface area contributed by atoms with E-state index in [0.717, 1.165) is 21.7 Å². The predicted molar refractivity (Wildman–Crippen MR) is 119 cm³/mol. The number of aliphatic hydroxyl groups excluding tert-OH is 1. The molecule has 7 heteroatoms. The van der Waals surface area contributed by atoms with Crippen molar-refractivity contribution in [1.82, 2.24) is 10.4 Å². The summed E-state index contributed by atoms with van der Waals surface area (Å²) in [6.07, 6.45) is -1.30. The number of hydrogen-bond donors (Lipinski definition) is 2. The summed E-state index contributed by atoms with van der Waals surface area (Å²) in [5, 5.41) is 11.0. The summed E-state index contributed by atoms with van der Waals surface area (Å²) in [5.74, 6) is 0. The monoisotopic (exact) mass is 434 g/mol. The van der Waals surface area contributed by atoms with Gasteiger partial charge in [0.05, 0.1) is 12.6 Å². The lowest BCUT2D eigenvalue weighted by Crippen LogP contribution is -2.54. The van der Waals surface area contributed by atoms with Crippen molar-refractivity contribution in [2.24, 2.45) is 0 Å². The fraction of sp³-hybridized carbons (Fsp3) is 0.200. The van der Waals surface area contributed by atoms with Crippen molar-refractivity contribution < 1.29 is 24.2 Å². The van der Waals surface area contributed by atoms with Crippen LogP contribution in [0.1, 0.15) is 16.7 Å². The van der Waals surface area contributed by atoms with Gasteiger partial charge in [-0.2, -0.15) is 0 Å². The largest absolute Gasteiger partial charge is 0.443 e. The quantitative estimate of drug-likeness (QED) is 0.522. The van der Waals surface area contributed by atoms with Crippen LogP contribution in [0.25, 0.3) is 0 Å². The van der Waals surface area contributed by atoms with Crippen LogP contribution < -0.4 is 5.43 Å². The summed E-state index contributed by atoms with van der Waals surface area (Å²) in [5.41, 5.74) is 4.94. The molecular weight excluding hydrogens is 408 g/mol. The average molecular weight is 434 g/mol. The van der Waals surface area contributed by atoms with Crippen LogP contribution in [0.15, 0.2) is 91.0 Å². The van der Waals surface area contributed by atoms with E-state index in [1.807, 2.05) is 91.0 Å². The van der Waals surface area contributed by atoms with Gasteiger partial charge in [0.1, 0.15) is 13.2 Å². The van der Waals surface area contributed by atoms with Gasteiger partial charge in [0.2, 0.25) is 0 Å². The molecular formula is C25H26N2O5. The van der Waals surface area contributed by atoms with Gasteiger partial charge < -0.3 is 14.6 Å². The van der Waals surface area contributed by atoms with Gasteiger partial charge in [0.15, 0.2) is 0 Å². The molecule has 32 heavy (non-hydrogen) atoms. The Hall–Kier alpha value is -3.84. The van der Waals surface area contributed by atoms with Gasteiger partial charge in [0.25, 0.3) is 0 Å². The molecule has 3 aromatic carbocycles. The van der Waals surface area contributed by atoms with E-state index in [1.165, 1.54) is 0 Å². The van der Waals surface area contributed by atoms with Gasteiger partial charge in [-0.3, -0.25) is 0 Å². The molecule has 3 rings (SSSR count). The first-order valence-corrected chi connectivity index (χ1v) is 10.3. The van der Waals surface area contributed by atoms with Crippen LogP contribution in [0.3, 0.4) is 0 Å². The molecule has 0 saturated heterocycles. The van der Waals surface area contributed by atoms with E-state index in [1.54, 1.807) is 0 Å². The minimum Gasteiger partial charge on any atom is -0.443 e. The second-order valence-electron chi connectivity index (χ2n) is 7.11. The topological polar surface area (TPSA) is 88.1 Å². The Morgan fingerprint density at radius 3 is 1.72 bits per heavy atom. The third-order valence-corrected chi connectivity index (χ3v) is 4.72. The zero-order chi connectivity index (χ0) is 22.6. The molecule has 0 radical (unpaired) electrons. The predicted octanol–water partition coefficient (Wildman–Crippen LogP) is 4.07. The van der Waals surface area contributed by atoms with Gasteiger partial charge >= 0.3 is 12.2 Å². The summed E-state index contributed by atoms with van der Waals surface area (Å²) in [6.45, 7) is -0.309. The first-order valence-electron chi connectivity index (χ1n) is 10.3. The van der Waals surface area contributed by atoms with E-state index >= 15 is 0 Å². The molecule has 1 atom stereocenters. The molecule has 0 saturated carbocycles. The van der Waals surface area contributed by atoms with Gasteiger partial charge in [-0.1, -0.05) is 91.0 Å². The zero-order valence-corrected chi connectivity index (χ0v) is 17.6. The van der Waals surface area contributed by atoms with Gasteiger partial charge in [-0.25, -0.2) is 20.0 Å². The normalized spacial score (nSPS) is 11.3. The van der Waals surface area contributed by atoms with Crippen molar-refractivity contribution in [2.45, 2.75) is 25.7 Å². The van der Waals surface area contributed by atoms with Gasteiger partial charge in [-0.05, 0) is 23.1 Å². The molecule has 0 heterocycles. The number of nitrogens with zero attached hydrogens (tertiary/aromatic N) is 1. The van der Waals surface area contributed by atoms with Crippen LogP contribution in [0.2, 0.25) is 0 Å². The highest BCUT2D eigenvalue weighted by Crippen LogP contribution is 2.11. The summed E-state index contributed by atoms with van der Waals surface area (Å²) >= 11 is 0. The third kappa shape index (κ3) is 7.14. The molecule has 0 bridgehead atoms. The zero-order valence-electron chi connectivity index (χ0n) is 17.6. The highest BCUT2D eigenvalue weighted by molar-refractivity contribution is 5.74. The summed E-state index contributed by atoms with van der Waals surface area (Å²) < 4.78 is 10.6. The Labute approximate surface area is 187 Å². The van der Waals surface area contributed by atoms with Crippen LogP contribution in [-0.4, -0.2) is 35.0 Å². The Morgan fingerprint density at radius 1 is 0.750 bits per heavy atom. The molecule has 0 fully saturated rings. The number of amides is 2. The molecule has 7 nitrogen and oxygen atoms in total. The minimum absolute atomic E-state index is 0.0282. The van der Waals surface area contributed by atoms with Crippen LogP contribution in [-0.2, 0) is 29.1 Å². The van der Waals surface area contributed by atoms with Crippen LogP contribution >= 0.6 is 0 Å². The molecule has 0 unspecified atom stereocenters. The summed E-state index contributed by atoms with van der Waals surface area (Å²) in [7, 11) is 0. The number of carbonyl (C=O) groups excluding carboxylic acids is 2. The smallest absolute Gasteiger partial charge is 0.429 e. The number of hydrogen-bond acceptors (Lipinski definition) is 5. The Bertz CT molecular complexity index is 967. The SMILES string of the molecule is O=C(NN(C(=O)OCc1ccccc1)[C@@H](CO)Cc1ccccc1)OCc1ccccc1. The van der Waals surface area contributed by atoms with Gasteiger partial charge in [-0.15, -0.1) is 0 Å². The lowest BCUT2D eigenvalue weighted by atomic mass is 10.1. The standard InChI is InChI=1S/C25H26N2O5/c28-17-23(16-20-10-4-1-5-11-20)27(25(30)32-19-22-14-8-3-9-15-22)26-24(29)31-18-21-12-6-2-7-13-21/h1-15,23,28H,16-19H2,(H,26,29)/t23-/m1/s1. The molecule has 2 amide bonds. The van der Waals surface area contributed by atoms with E-state index in [0.29, 0.717) is 6.42 Å². The van der Waals surface area contributed by atoms with E-state index < -0.39 is 18.2 Å². The van der Waals surface area contributed by atoms with Crippen molar-refractivity contribution in [3.63, 3.8) is 0 Å². The number of carbonyl (C=O) groups is 2. The van der Waals surface area contributed by atoms with Crippen LogP contribution in [0.4, 0.5) is 9.59 Å². The van der Waals surface area contributed by atoms with Crippen molar-refractivity contribution in [2.75, 3.05) is 6.61 Å². The highest BCUT2D eigenvalue weighted by Gasteiger charge is 2.27. The van der Waals surface area contributed by atoms with E-state index in [2.05, 4.69) is 5.43 Å². The first kappa shape index (κ1) is 22.8. The van der Waals surface area contributed by atoms with Crippen molar-refractivity contribution in [1.29, 1.82) is 0 Å². The van der Waals surface area contributed by atoms with Gasteiger partial charge in [0, 0.05) is 0 Å². The second-order valence-corrected chi connectivity index (χ2v) is 7.11. The fourth-order valence-electron chi connectivity index (χ4n) is 3.05. The number of rotatable bonds is 8. The Balaban J connectivity index is 1.68. The number of aliphatic hydroxyl groups is 1. The highest BCUT2D eigenvalue weighted by atomic mass is 16.6. The molecule has 0 aliphatic rings. The molecule has 0 aliphatic carbocycles. The maximum absolute atomic E-state index is 12.8. The Morgan fingerprint density at radius 2 is 1.22 bits per heavy atom. The molecule has 0 aromatic heterocycles. The maximum Gasteiger partial charge on any atom is 0.429 e. The second kappa shape index (κ2) is 12.1.